The maximum atomic E-state index is 9.88. The number of likely N-dealkylation sites (N-methyl/N-ethyl adjacent to an activating group) is 1. The number of anilines is 1. The molecule has 18 heavy (non-hydrogen) atoms. The zero-order valence-electron chi connectivity index (χ0n) is 11.4. The molecule has 0 radical (unpaired) electrons. The first kappa shape index (κ1) is 13.6. The van der Waals surface area contributed by atoms with Gasteiger partial charge < -0.3 is 10.0 Å². The van der Waals surface area contributed by atoms with Gasteiger partial charge in [-0.15, -0.1) is 0 Å². The van der Waals surface area contributed by atoms with Gasteiger partial charge in [-0.25, -0.2) is 9.97 Å². The number of hydrogen-bond acceptors (Lipinski definition) is 4. The normalized spacial score (nSPS) is 15.9. The molecule has 1 N–H and O–H groups in total. The van der Waals surface area contributed by atoms with Crippen molar-refractivity contribution in [2.75, 3.05) is 18.5 Å². The van der Waals surface area contributed by atoms with Crippen LogP contribution in [0.15, 0.2) is 0 Å². The van der Waals surface area contributed by atoms with Gasteiger partial charge in [0.15, 0.2) is 0 Å². The average Bonchev–Trinajstić information content (AvgIpc) is 3.02. The lowest BCUT2D eigenvalue weighted by molar-refractivity contribution is 0.0884. The topological polar surface area (TPSA) is 49.2 Å². The highest BCUT2D eigenvalue weighted by Crippen LogP contribution is 2.39. The lowest BCUT2D eigenvalue weighted by Crippen LogP contribution is -2.37. The van der Waals surface area contributed by atoms with E-state index in [4.69, 9.17) is 11.6 Å². The molecule has 0 aliphatic heterocycles. The Morgan fingerprint density at radius 1 is 1.39 bits per heavy atom. The molecule has 1 saturated carbocycles. The Bertz CT molecular complexity index is 452. The van der Waals surface area contributed by atoms with Gasteiger partial charge >= 0.3 is 0 Å². The van der Waals surface area contributed by atoms with Gasteiger partial charge in [0, 0.05) is 25.1 Å². The van der Waals surface area contributed by atoms with Crippen molar-refractivity contribution >= 4 is 17.4 Å². The number of nitrogens with zero attached hydrogens (tertiary/aromatic N) is 3. The summed E-state index contributed by atoms with van der Waals surface area (Å²) in [4.78, 5) is 10.9. The van der Waals surface area contributed by atoms with Crippen molar-refractivity contribution in [1.82, 2.24) is 9.97 Å². The molecule has 0 aromatic carbocycles. The van der Waals surface area contributed by atoms with E-state index in [1.54, 1.807) is 13.8 Å². The van der Waals surface area contributed by atoms with Crippen molar-refractivity contribution in [3.8, 4) is 0 Å². The van der Waals surface area contributed by atoms with Crippen molar-refractivity contribution in [2.45, 2.75) is 45.1 Å². The third-order valence-corrected chi connectivity index (χ3v) is 3.37. The molecule has 2 rings (SSSR count). The molecule has 100 valence electrons. The number of rotatable bonds is 4. The van der Waals surface area contributed by atoms with Crippen LogP contribution in [0.2, 0.25) is 5.15 Å². The minimum atomic E-state index is -0.766. The highest BCUT2D eigenvalue weighted by atomic mass is 35.5. The summed E-state index contributed by atoms with van der Waals surface area (Å²) in [6.45, 7) is 5.98. The van der Waals surface area contributed by atoms with Crippen LogP contribution in [0.1, 0.15) is 44.0 Å². The van der Waals surface area contributed by atoms with Crippen LogP contribution in [0.4, 0.5) is 5.82 Å². The number of aromatic nitrogens is 2. The minimum absolute atomic E-state index is 0.470. The van der Waals surface area contributed by atoms with E-state index in [9.17, 15) is 5.11 Å². The van der Waals surface area contributed by atoms with Gasteiger partial charge in [0.1, 0.15) is 16.8 Å². The molecule has 4 nitrogen and oxygen atoms in total. The van der Waals surface area contributed by atoms with E-state index < -0.39 is 5.60 Å². The third kappa shape index (κ3) is 3.12. The van der Waals surface area contributed by atoms with E-state index in [1.165, 1.54) is 0 Å². The Labute approximate surface area is 113 Å². The zero-order valence-corrected chi connectivity index (χ0v) is 12.1. The minimum Gasteiger partial charge on any atom is -0.389 e. The number of aliphatic hydroxyl groups is 1. The molecule has 1 heterocycles. The molecule has 1 aliphatic carbocycles. The standard InChI is InChI=1S/C13H20ClN3O/c1-8-10(14)15-11(9-5-6-9)16-12(8)17(4)7-13(2,3)18/h9,18H,5-7H2,1-4H3. The average molecular weight is 270 g/mol. The van der Waals surface area contributed by atoms with Crippen LogP contribution in [-0.4, -0.2) is 34.3 Å². The predicted molar refractivity (Wildman–Crippen MR) is 73.3 cm³/mol. The quantitative estimate of drug-likeness (QED) is 0.854. The summed E-state index contributed by atoms with van der Waals surface area (Å²) < 4.78 is 0. The van der Waals surface area contributed by atoms with E-state index in [1.807, 2.05) is 18.9 Å². The van der Waals surface area contributed by atoms with E-state index in [2.05, 4.69) is 9.97 Å². The van der Waals surface area contributed by atoms with Crippen molar-refractivity contribution in [3.63, 3.8) is 0 Å². The predicted octanol–water partition coefficient (Wildman–Crippen LogP) is 2.52. The molecule has 0 unspecified atom stereocenters. The Morgan fingerprint density at radius 2 is 2.00 bits per heavy atom. The molecule has 0 saturated heterocycles. The molecule has 1 aliphatic rings. The first-order valence-corrected chi connectivity index (χ1v) is 6.63. The van der Waals surface area contributed by atoms with Crippen LogP contribution in [0, 0.1) is 6.92 Å². The fourth-order valence-electron chi connectivity index (χ4n) is 2.05. The van der Waals surface area contributed by atoms with Gasteiger partial charge in [0.05, 0.1) is 5.60 Å². The van der Waals surface area contributed by atoms with Crippen LogP contribution < -0.4 is 4.90 Å². The summed E-state index contributed by atoms with van der Waals surface area (Å²) in [5, 5.41) is 10.4. The molecule has 1 aromatic heterocycles. The maximum Gasteiger partial charge on any atom is 0.137 e. The largest absolute Gasteiger partial charge is 0.389 e. The number of halogens is 1. The first-order chi connectivity index (χ1) is 8.28. The highest BCUT2D eigenvalue weighted by Gasteiger charge is 2.29. The van der Waals surface area contributed by atoms with Gasteiger partial charge in [-0.3, -0.25) is 0 Å². The Morgan fingerprint density at radius 3 is 2.50 bits per heavy atom. The van der Waals surface area contributed by atoms with Gasteiger partial charge in [-0.2, -0.15) is 0 Å². The second-order valence-corrected chi connectivity index (χ2v) is 6.12. The van der Waals surface area contributed by atoms with Crippen molar-refractivity contribution < 1.29 is 5.11 Å². The number of hydrogen-bond donors (Lipinski definition) is 1. The maximum absolute atomic E-state index is 9.88. The summed E-state index contributed by atoms with van der Waals surface area (Å²) >= 11 is 6.17. The van der Waals surface area contributed by atoms with Gasteiger partial charge in [-0.05, 0) is 33.6 Å². The van der Waals surface area contributed by atoms with E-state index >= 15 is 0 Å². The molecule has 1 aromatic rings. The molecule has 0 spiro atoms. The first-order valence-electron chi connectivity index (χ1n) is 6.25. The molecular weight excluding hydrogens is 250 g/mol. The molecule has 0 amide bonds. The second kappa shape index (κ2) is 4.67. The zero-order chi connectivity index (χ0) is 13.5. The van der Waals surface area contributed by atoms with Gasteiger partial charge in [-0.1, -0.05) is 11.6 Å². The Balaban J connectivity index is 2.30. The molecule has 1 fully saturated rings. The SMILES string of the molecule is Cc1c(Cl)nc(C2CC2)nc1N(C)CC(C)(C)O. The third-order valence-electron chi connectivity index (χ3n) is 3.01. The van der Waals surface area contributed by atoms with Gasteiger partial charge in [0.2, 0.25) is 0 Å². The molecule has 0 bridgehead atoms. The van der Waals surface area contributed by atoms with Crippen LogP contribution >= 0.6 is 11.6 Å². The van der Waals surface area contributed by atoms with E-state index in [0.717, 1.165) is 30.0 Å². The second-order valence-electron chi connectivity index (χ2n) is 5.76. The molecule has 5 heteroatoms. The Hall–Kier alpha value is -0.870. The monoisotopic (exact) mass is 269 g/mol. The van der Waals surface area contributed by atoms with Crippen LogP contribution in [0.3, 0.4) is 0 Å². The summed E-state index contributed by atoms with van der Waals surface area (Å²) in [6, 6.07) is 0. The summed E-state index contributed by atoms with van der Waals surface area (Å²) in [5.74, 6) is 2.12. The van der Waals surface area contributed by atoms with Crippen LogP contribution in [-0.2, 0) is 0 Å². The van der Waals surface area contributed by atoms with Crippen molar-refractivity contribution in [1.29, 1.82) is 0 Å². The fourth-order valence-corrected chi connectivity index (χ4v) is 2.22. The summed E-state index contributed by atoms with van der Waals surface area (Å²) in [6.07, 6.45) is 2.29. The van der Waals surface area contributed by atoms with Crippen LogP contribution in [0.5, 0.6) is 0 Å². The summed E-state index contributed by atoms with van der Waals surface area (Å²) in [7, 11) is 1.92. The summed E-state index contributed by atoms with van der Waals surface area (Å²) in [5.41, 5.74) is 0.103. The highest BCUT2D eigenvalue weighted by molar-refractivity contribution is 6.30. The van der Waals surface area contributed by atoms with Crippen molar-refractivity contribution in [2.24, 2.45) is 0 Å². The lowest BCUT2D eigenvalue weighted by atomic mass is 10.1. The van der Waals surface area contributed by atoms with Crippen molar-refractivity contribution in [3.05, 3.63) is 16.5 Å². The van der Waals surface area contributed by atoms with Crippen LogP contribution in [0.25, 0.3) is 0 Å². The molecular formula is C13H20ClN3O. The molecule has 0 atom stereocenters. The lowest BCUT2D eigenvalue weighted by Gasteiger charge is -2.27. The Kier molecular flexibility index (Phi) is 3.52. The smallest absolute Gasteiger partial charge is 0.137 e. The van der Waals surface area contributed by atoms with E-state index in [0.29, 0.717) is 17.6 Å². The van der Waals surface area contributed by atoms with Gasteiger partial charge in [0.25, 0.3) is 0 Å². The van der Waals surface area contributed by atoms with E-state index in [-0.39, 0.29) is 0 Å². The fraction of sp³-hybridized carbons (Fsp3) is 0.692.